The normalized spacial score (nSPS) is 10.9. The number of carboxylic acids is 1. The van der Waals surface area contributed by atoms with Gasteiger partial charge < -0.3 is 15.7 Å². The minimum absolute atomic E-state index is 0.0610. The van der Waals surface area contributed by atoms with Crippen molar-refractivity contribution in [3.05, 3.63) is 0 Å². The van der Waals surface area contributed by atoms with Gasteiger partial charge in [0.2, 0.25) is 0 Å². The summed E-state index contributed by atoms with van der Waals surface area (Å²) in [6.45, 7) is 2.01. The highest BCUT2D eigenvalue weighted by atomic mass is 32.2. The van der Waals surface area contributed by atoms with E-state index in [1.165, 1.54) is 0 Å². The topological polar surface area (TPSA) is 113 Å². The Balaban J connectivity index is 3.52. The van der Waals surface area contributed by atoms with Crippen LogP contribution < -0.4 is 10.6 Å². The zero-order chi connectivity index (χ0) is 14.0. The van der Waals surface area contributed by atoms with Crippen molar-refractivity contribution in [3.63, 3.8) is 0 Å². The van der Waals surface area contributed by atoms with Crippen molar-refractivity contribution >= 4 is 21.8 Å². The molecule has 0 aliphatic carbocycles. The fraction of sp³-hybridized carbons (Fsp3) is 0.800. The van der Waals surface area contributed by atoms with Crippen molar-refractivity contribution < 1.29 is 23.1 Å². The van der Waals surface area contributed by atoms with E-state index in [4.69, 9.17) is 5.11 Å². The zero-order valence-corrected chi connectivity index (χ0v) is 11.3. The highest BCUT2D eigenvalue weighted by Crippen LogP contribution is 1.93. The van der Waals surface area contributed by atoms with Crippen LogP contribution in [0, 0.1) is 0 Å². The maximum atomic E-state index is 11.2. The fourth-order valence-electron chi connectivity index (χ4n) is 1.13. The third kappa shape index (κ3) is 9.88. The molecule has 0 rings (SSSR count). The molecule has 0 saturated carbocycles. The summed E-state index contributed by atoms with van der Waals surface area (Å²) in [5, 5.41) is 13.3. The molecule has 18 heavy (non-hydrogen) atoms. The Kier molecular flexibility index (Phi) is 8.10. The molecule has 0 radical (unpaired) electrons. The smallest absolute Gasteiger partial charge is 0.314 e. The number of urea groups is 1. The molecule has 2 amide bonds. The Hall–Kier alpha value is -1.31. The van der Waals surface area contributed by atoms with E-state index in [0.717, 1.165) is 0 Å². The van der Waals surface area contributed by atoms with Crippen molar-refractivity contribution in [2.24, 2.45) is 0 Å². The molecule has 0 saturated heterocycles. The van der Waals surface area contributed by atoms with Crippen LogP contribution in [0.25, 0.3) is 0 Å². The molecule has 106 valence electrons. The molecule has 0 heterocycles. The van der Waals surface area contributed by atoms with Crippen LogP contribution in [0.5, 0.6) is 0 Å². The first kappa shape index (κ1) is 16.7. The Labute approximate surface area is 107 Å². The first-order chi connectivity index (χ1) is 8.37. The van der Waals surface area contributed by atoms with Crippen LogP contribution in [-0.4, -0.2) is 50.1 Å². The van der Waals surface area contributed by atoms with Crippen LogP contribution in [0.15, 0.2) is 0 Å². The average Bonchev–Trinajstić information content (AvgIpc) is 2.28. The van der Waals surface area contributed by atoms with E-state index >= 15 is 0 Å². The van der Waals surface area contributed by atoms with Gasteiger partial charge in [-0.05, 0) is 12.8 Å². The number of hydrogen-bond donors (Lipinski definition) is 3. The van der Waals surface area contributed by atoms with Crippen molar-refractivity contribution in [3.8, 4) is 0 Å². The van der Waals surface area contributed by atoms with Crippen molar-refractivity contribution in [1.29, 1.82) is 0 Å². The molecule has 7 nitrogen and oxygen atoms in total. The number of carboxylic acid groups (broad SMARTS) is 1. The second-order valence-corrected chi connectivity index (χ2v) is 6.24. The maximum Gasteiger partial charge on any atom is 0.314 e. The molecule has 0 unspecified atom stereocenters. The molecular weight excluding hydrogens is 260 g/mol. The summed E-state index contributed by atoms with van der Waals surface area (Å²) in [6, 6.07) is -0.434. The average molecular weight is 280 g/mol. The number of sulfone groups is 1. The van der Waals surface area contributed by atoms with E-state index in [9.17, 15) is 18.0 Å². The van der Waals surface area contributed by atoms with Gasteiger partial charge in [0, 0.05) is 25.3 Å². The lowest BCUT2D eigenvalue weighted by Gasteiger charge is -2.07. The molecule has 0 aliphatic rings. The third-order valence-corrected chi connectivity index (χ3v) is 3.95. The van der Waals surface area contributed by atoms with Gasteiger partial charge in [-0.3, -0.25) is 4.79 Å². The first-order valence-electron chi connectivity index (χ1n) is 5.81. The molecule has 0 aromatic carbocycles. The number of amides is 2. The molecule has 0 spiro atoms. The standard InChI is InChI=1S/C10H20N2O5S/c1-2-18(16,17)8-7-12-10(15)11-6-4-3-5-9(13)14/h2-8H2,1H3,(H,13,14)(H2,11,12,15). The minimum atomic E-state index is -3.06. The monoisotopic (exact) mass is 280 g/mol. The Morgan fingerprint density at radius 1 is 1.11 bits per heavy atom. The SMILES string of the molecule is CCS(=O)(=O)CCNC(=O)NCCCCC(=O)O. The molecule has 8 heteroatoms. The molecule has 0 aromatic heterocycles. The molecule has 0 atom stereocenters. The van der Waals surface area contributed by atoms with Gasteiger partial charge >= 0.3 is 12.0 Å². The molecule has 0 aliphatic heterocycles. The van der Waals surface area contributed by atoms with Gasteiger partial charge in [-0.1, -0.05) is 6.92 Å². The van der Waals surface area contributed by atoms with E-state index in [1.54, 1.807) is 6.92 Å². The van der Waals surface area contributed by atoms with Crippen LogP contribution in [0.3, 0.4) is 0 Å². The van der Waals surface area contributed by atoms with E-state index in [2.05, 4.69) is 10.6 Å². The predicted octanol–water partition coefficient (Wildman–Crippen LogP) is -0.0248. The quantitative estimate of drug-likeness (QED) is 0.514. The molecule has 0 bridgehead atoms. The predicted molar refractivity (Wildman–Crippen MR) is 67.2 cm³/mol. The summed E-state index contributed by atoms with van der Waals surface area (Å²) in [7, 11) is -3.06. The van der Waals surface area contributed by atoms with Gasteiger partial charge in [-0.2, -0.15) is 0 Å². The lowest BCUT2D eigenvalue weighted by Crippen LogP contribution is -2.38. The number of rotatable bonds is 9. The van der Waals surface area contributed by atoms with Crippen molar-refractivity contribution in [2.75, 3.05) is 24.6 Å². The van der Waals surface area contributed by atoms with Crippen molar-refractivity contribution in [1.82, 2.24) is 10.6 Å². The third-order valence-electron chi connectivity index (χ3n) is 2.24. The number of aliphatic carboxylic acids is 1. The van der Waals surface area contributed by atoms with E-state index in [-0.39, 0.29) is 24.5 Å². The summed E-state index contributed by atoms with van der Waals surface area (Å²) in [5.74, 6) is -0.870. The Morgan fingerprint density at radius 2 is 1.72 bits per heavy atom. The molecule has 0 aromatic rings. The maximum absolute atomic E-state index is 11.2. The summed E-state index contributed by atoms with van der Waals surface area (Å²) in [6.07, 6.45) is 1.16. The molecule has 3 N–H and O–H groups in total. The Morgan fingerprint density at radius 3 is 2.28 bits per heavy atom. The second kappa shape index (κ2) is 8.73. The van der Waals surface area contributed by atoms with Crippen LogP contribution >= 0.6 is 0 Å². The first-order valence-corrected chi connectivity index (χ1v) is 7.63. The highest BCUT2D eigenvalue weighted by Gasteiger charge is 2.07. The van der Waals surface area contributed by atoms with Crippen LogP contribution in [0.1, 0.15) is 26.2 Å². The van der Waals surface area contributed by atoms with Gasteiger partial charge in [0.15, 0.2) is 9.84 Å². The van der Waals surface area contributed by atoms with Gasteiger partial charge in [-0.15, -0.1) is 0 Å². The summed E-state index contributed by atoms with van der Waals surface area (Å²) >= 11 is 0. The van der Waals surface area contributed by atoms with Crippen molar-refractivity contribution in [2.45, 2.75) is 26.2 Å². The summed E-state index contributed by atoms with van der Waals surface area (Å²) in [5.41, 5.74) is 0. The van der Waals surface area contributed by atoms with Gasteiger partial charge in [0.1, 0.15) is 0 Å². The van der Waals surface area contributed by atoms with Crippen LogP contribution in [0.2, 0.25) is 0 Å². The summed E-state index contributed by atoms with van der Waals surface area (Å²) < 4.78 is 22.2. The van der Waals surface area contributed by atoms with E-state index < -0.39 is 21.8 Å². The highest BCUT2D eigenvalue weighted by molar-refractivity contribution is 7.91. The minimum Gasteiger partial charge on any atom is -0.481 e. The number of nitrogens with one attached hydrogen (secondary N) is 2. The number of unbranched alkanes of at least 4 members (excludes halogenated alkanes) is 1. The second-order valence-electron chi connectivity index (χ2n) is 3.77. The van der Waals surface area contributed by atoms with Gasteiger partial charge in [0.25, 0.3) is 0 Å². The largest absolute Gasteiger partial charge is 0.481 e. The fourth-order valence-corrected chi connectivity index (χ4v) is 1.83. The van der Waals surface area contributed by atoms with Crippen LogP contribution in [-0.2, 0) is 14.6 Å². The zero-order valence-electron chi connectivity index (χ0n) is 10.4. The lowest BCUT2D eigenvalue weighted by atomic mass is 10.2. The number of carbonyl (C=O) groups is 2. The van der Waals surface area contributed by atoms with Crippen LogP contribution in [0.4, 0.5) is 4.79 Å². The molecular formula is C10H20N2O5S. The summed E-state index contributed by atoms with van der Waals surface area (Å²) in [4.78, 5) is 21.4. The number of carbonyl (C=O) groups excluding carboxylic acids is 1. The van der Waals surface area contributed by atoms with Gasteiger partial charge in [-0.25, -0.2) is 13.2 Å². The Bertz CT molecular complexity index is 366. The lowest BCUT2D eigenvalue weighted by molar-refractivity contribution is -0.137. The van der Waals surface area contributed by atoms with E-state index in [1.807, 2.05) is 0 Å². The van der Waals surface area contributed by atoms with E-state index in [0.29, 0.717) is 19.4 Å². The number of hydrogen-bond acceptors (Lipinski definition) is 4. The molecule has 0 fully saturated rings. The van der Waals surface area contributed by atoms with Gasteiger partial charge in [0.05, 0.1) is 5.75 Å².